The van der Waals surface area contributed by atoms with Gasteiger partial charge in [-0.3, -0.25) is 0 Å². The lowest BCUT2D eigenvalue weighted by Gasteiger charge is -2.11. The number of hydrogen-bond donors (Lipinski definition) is 1. The highest BCUT2D eigenvalue weighted by Gasteiger charge is 2.21. The van der Waals surface area contributed by atoms with Gasteiger partial charge in [-0.1, -0.05) is 23.7 Å². The van der Waals surface area contributed by atoms with Crippen molar-refractivity contribution < 1.29 is 4.74 Å². The summed E-state index contributed by atoms with van der Waals surface area (Å²) in [6.07, 6.45) is 2.90. The van der Waals surface area contributed by atoms with Crippen LogP contribution >= 0.6 is 11.6 Å². The number of nitriles is 1. The summed E-state index contributed by atoms with van der Waals surface area (Å²) in [6.45, 7) is 3.65. The van der Waals surface area contributed by atoms with Gasteiger partial charge in [-0.15, -0.1) is 0 Å². The zero-order valence-electron chi connectivity index (χ0n) is 16.8. The van der Waals surface area contributed by atoms with E-state index in [-0.39, 0.29) is 6.10 Å². The van der Waals surface area contributed by atoms with Gasteiger partial charge < -0.3 is 10.1 Å². The van der Waals surface area contributed by atoms with Crippen LogP contribution in [0.4, 0.5) is 0 Å². The molecule has 8 heteroatoms. The molecule has 0 radical (unpaired) electrons. The molecule has 7 nitrogen and oxygen atoms in total. The summed E-state index contributed by atoms with van der Waals surface area (Å²) in [5.41, 5.74) is 5.23. The lowest BCUT2D eigenvalue weighted by Crippen LogP contribution is -2.20. The average molecular weight is 431 g/mol. The van der Waals surface area contributed by atoms with Gasteiger partial charge in [0, 0.05) is 30.1 Å². The molecular weight excluding hydrogens is 412 g/mol. The molecule has 1 unspecified atom stereocenters. The van der Waals surface area contributed by atoms with Gasteiger partial charge in [0.05, 0.1) is 17.2 Å². The van der Waals surface area contributed by atoms with Crippen molar-refractivity contribution in [1.82, 2.24) is 24.9 Å². The maximum absolute atomic E-state index is 9.34. The van der Waals surface area contributed by atoms with Crippen molar-refractivity contribution in [2.45, 2.75) is 19.4 Å². The van der Waals surface area contributed by atoms with E-state index < -0.39 is 0 Å². The predicted octanol–water partition coefficient (Wildman–Crippen LogP) is 4.03. The average Bonchev–Trinajstić information content (AvgIpc) is 3.40. The molecule has 0 saturated carbocycles. The number of aryl methyl sites for hydroxylation is 1. The van der Waals surface area contributed by atoms with Gasteiger partial charge in [-0.2, -0.15) is 15.3 Å². The van der Waals surface area contributed by atoms with E-state index in [4.69, 9.17) is 26.4 Å². The first kappa shape index (κ1) is 19.5. The Morgan fingerprint density at radius 3 is 2.87 bits per heavy atom. The van der Waals surface area contributed by atoms with Crippen LogP contribution in [0.5, 0.6) is 5.88 Å². The minimum atomic E-state index is 0.103. The molecule has 1 aromatic carbocycles. The van der Waals surface area contributed by atoms with Gasteiger partial charge >= 0.3 is 0 Å². The van der Waals surface area contributed by atoms with E-state index >= 15 is 0 Å². The standard InChI is InChI=1S/C23H19ClN6O/c1-14-9-17(11-19(24)27-14)21-22(16-4-2-3-15(10-16)12-25)29-30-8-6-20(28-23(21)30)31-18-5-7-26-13-18/h2-4,6,8-11,18,26H,5,7,13H2,1H3. The van der Waals surface area contributed by atoms with Crippen LogP contribution in [-0.2, 0) is 0 Å². The number of ether oxygens (including phenoxy) is 1. The number of nitrogens with zero attached hydrogens (tertiary/aromatic N) is 5. The van der Waals surface area contributed by atoms with Crippen LogP contribution in [0, 0.1) is 18.3 Å². The summed E-state index contributed by atoms with van der Waals surface area (Å²) < 4.78 is 7.81. The van der Waals surface area contributed by atoms with Crippen LogP contribution in [0.3, 0.4) is 0 Å². The highest BCUT2D eigenvalue weighted by atomic mass is 35.5. The Labute approximate surface area is 184 Å². The molecule has 1 aliphatic heterocycles. The molecule has 1 aliphatic rings. The normalized spacial score (nSPS) is 15.8. The lowest BCUT2D eigenvalue weighted by molar-refractivity contribution is 0.214. The van der Waals surface area contributed by atoms with E-state index in [9.17, 15) is 5.26 Å². The van der Waals surface area contributed by atoms with E-state index in [1.807, 2.05) is 43.5 Å². The van der Waals surface area contributed by atoms with Crippen LogP contribution in [0.25, 0.3) is 28.0 Å². The van der Waals surface area contributed by atoms with Crippen molar-refractivity contribution in [2.24, 2.45) is 0 Å². The third kappa shape index (κ3) is 3.83. The molecule has 1 N–H and O–H groups in total. The molecular formula is C23H19ClN6O. The number of rotatable bonds is 4. The number of nitrogens with one attached hydrogen (secondary N) is 1. The number of halogens is 1. The lowest BCUT2D eigenvalue weighted by atomic mass is 10.0. The summed E-state index contributed by atoms with van der Waals surface area (Å²) in [7, 11) is 0. The Balaban J connectivity index is 1.72. The maximum Gasteiger partial charge on any atom is 0.217 e. The fourth-order valence-corrected chi connectivity index (χ4v) is 4.10. The van der Waals surface area contributed by atoms with E-state index in [1.165, 1.54) is 0 Å². The minimum absolute atomic E-state index is 0.103. The number of fused-ring (bicyclic) bond motifs is 1. The zero-order chi connectivity index (χ0) is 21.4. The van der Waals surface area contributed by atoms with Gasteiger partial charge in [0.1, 0.15) is 17.0 Å². The van der Waals surface area contributed by atoms with Gasteiger partial charge in [0.15, 0.2) is 5.65 Å². The highest BCUT2D eigenvalue weighted by Crippen LogP contribution is 2.36. The Hall–Kier alpha value is -3.47. The van der Waals surface area contributed by atoms with Crippen molar-refractivity contribution in [3.05, 3.63) is 65.1 Å². The Morgan fingerprint density at radius 1 is 1.19 bits per heavy atom. The van der Waals surface area contributed by atoms with Crippen molar-refractivity contribution >= 4 is 17.2 Å². The van der Waals surface area contributed by atoms with E-state index in [0.29, 0.717) is 27.9 Å². The Morgan fingerprint density at radius 2 is 2.10 bits per heavy atom. The molecule has 4 aromatic rings. The smallest absolute Gasteiger partial charge is 0.217 e. The third-order valence-electron chi connectivity index (χ3n) is 5.24. The molecule has 0 spiro atoms. The maximum atomic E-state index is 9.34. The summed E-state index contributed by atoms with van der Waals surface area (Å²) in [6, 6.07) is 15.1. The van der Waals surface area contributed by atoms with Gasteiger partial charge in [-0.05, 0) is 49.7 Å². The molecule has 154 valence electrons. The van der Waals surface area contributed by atoms with Crippen LogP contribution < -0.4 is 10.1 Å². The first-order chi connectivity index (χ1) is 15.1. The fraction of sp³-hybridized carbons (Fsp3) is 0.217. The minimum Gasteiger partial charge on any atom is -0.473 e. The topological polar surface area (TPSA) is 88.1 Å². The monoisotopic (exact) mass is 430 g/mol. The Bertz CT molecular complexity index is 1300. The molecule has 5 rings (SSSR count). The molecule has 31 heavy (non-hydrogen) atoms. The SMILES string of the molecule is Cc1cc(-c2c(-c3cccc(C#N)c3)nn3ccc(OC4CCNC4)nc23)cc(Cl)n1. The van der Waals surface area contributed by atoms with Crippen molar-refractivity contribution in [3.63, 3.8) is 0 Å². The van der Waals surface area contributed by atoms with Crippen LogP contribution in [0.1, 0.15) is 17.7 Å². The Kier molecular flexibility index (Phi) is 5.02. The van der Waals surface area contributed by atoms with E-state index in [0.717, 1.165) is 41.9 Å². The third-order valence-corrected chi connectivity index (χ3v) is 5.43. The second-order valence-corrected chi connectivity index (χ2v) is 7.89. The van der Waals surface area contributed by atoms with Gasteiger partial charge in [-0.25, -0.2) is 9.50 Å². The second-order valence-electron chi connectivity index (χ2n) is 7.50. The quantitative estimate of drug-likeness (QED) is 0.492. The van der Waals surface area contributed by atoms with E-state index in [2.05, 4.69) is 16.4 Å². The first-order valence-electron chi connectivity index (χ1n) is 10.0. The van der Waals surface area contributed by atoms with Crippen LogP contribution in [0.15, 0.2) is 48.7 Å². The molecule has 4 heterocycles. The molecule has 3 aromatic heterocycles. The van der Waals surface area contributed by atoms with Crippen LogP contribution in [0.2, 0.25) is 5.15 Å². The molecule has 0 amide bonds. The predicted molar refractivity (Wildman–Crippen MR) is 118 cm³/mol. The highest BCUT2D eigenvalue weighted by molar-refractivity contribution is 6.29. The summed E-state index contributed by atoms with van der Waals surface area (Å²) in [5, 5.41) is 17.8. The zero-order valence-corrected chi connectivity index (χ0v) is 17.6. The number of aromatic nitrogens is 4. The van der Waals surface area contributed by atoms with Crippen molar-refractivity contribution in [2.75, 3.05) is 13.1 Å². The van der Waals surface area contributed by atoms with E-state index in [1.54, 1.807) is 16.6 Å². The molecule has 1 saturated heterocycles. The summed E-state index contributed by atoms with van der Waals surface area (Å²) in [4.78, 5) is 9.07. The number of benzene rings is 1. The second kappa shape index (κ2) is 7.99. The van der Waals surface area contributed by atoms with Crippen LogP contribution in [-0.4, -0.2) is 38.8 Å². The van der Waals surface area contributed by atoms with Gasteiger partial charge in [0.25, 0.3) is 0 Å². The first-order valence-corrected chi connectivity index (χ1v) is 10.4. The van der Waals surface area contributed by atoms with Gasteiger partial charge in [0.2, 0.25) is 5.88 Å². The van der Waals surface area contributed by atoms with Crippen molar-refractivity contribution in [1.29, 1.82) is 5.26 Å². The fourth-order valence-electron chi connectivity index (χ4n) is 3.85. The molecule has 0 bridgehead atoms. The number of pyridine rings is 1. The molecule has 1 atom stereocenters. The molecule has 1 fully saturated rings. The number of hydrogen-bond acceptors (Lipinski definition) is 6. The largest absolute Gasteiger partial charge is 0.473 e. The van der Waals surface area contributed by atoms with Crippen molar-refractivity contribution in [3.8, 4) is 34.3 Å². The summed E-state index contributed by atoms with van der Waals surface area (Å²) in [5.74, 6) is 0.552. The summed E-state index contributed by atoms with van der Waals surface area (Å²) >= 11 is 6.28. The molecule has 0 aliphatic carbocycles.